The fourth-order valence-electron chi connectivity index (χ4n) is 3.88. The van der Waals surface area contributed by atoms with Crippen molar-refractivity contribution in [3.63, 3.8) is 0 Å². The molecular formula is C24H20ClFN2O4S. The van der Waals surface area contributed by atoms with Crippen molar-refractivity contribution in [3.8, 4) is 0 Å². The average molecular weight is 487 g/mol. The molecule has 0 saturated heterocycles. The number of benzene rings is 2. The summed E-state index contributed by atoms with van der Waals surface area (Å²) in [5, 5.41) is 0.786. The van der Waals surface area contributed by atoms with E-state index in [1.54, 1.807) is 41.8 Å². The van der Waals surface area contributed by atoms with Gasteiger partial charge in [-0.05, 0) is 60.5 Å². The number of fused-ring (bicyclic) bond motifs is 1. The molecule has 0 atom stereocenters. The quantitative estimate of drug-likeness (QED) is 0.368. The topological polar surface area (TPSA) is 78.3 Å². The molecule has 0 aliphatic carbocycles. The van der Waals surface area contributed by atoms with E-state index in [1.807, 2.05) is 0 Å². The number of pyridine rings is 1. The highest BCUT2D eigenvalue weighted by Gasteiger charge is 2.25. The molecule has 170 valence electrons. The molecular weight excluding hydrogens is 467 g/mol. The third kappa shape index (κ3) is 4.36. The zero-order valence-electron chi connectivity index (χ0n) is 17.9. The number of ether oxygens (including phenoxy) is 1. The third-order valence-corrected chi connectivity index (χ3v) is 7.50. The minimum Gasteiger partial charge on any atom is -0.468 e. The van der Waals surface area contributed by atoms with Gasteiger partial charge in [0.15, 0.2) is 5.03 Å². The summed E-state index contributed by atoms with van der Waals surface area (Å²) in [5.41, 5.74) is 2.50. The summed E-state index contributed by atoms with van der Waals surface area (Å²) in [5.74, 6) is -0.881. The van der Waals surface area contributed by atoms with Crippen molar-refractivity contribution in [3.05, 3.63) is 88.5 Å². The maximum absolute atomic E-state index is 14.1. The van der Waals surface area contributed by atoms with E-state index < -0.39 is 21.6 Å². The van der Waals surface area contributed by atoms with Crippen molar-refractivity contribution in [2.24, 2.45) is 0 Å². The van der Waals surface area contributed by atoms with Crippen molar-refractivity contribution in [1.82, 2.24) is 9.55 Å². The number of halogens is 2. The summed E-state index contributed by atoms with van der Waals surface area (Å²) in [6.07, 6.45) is 1.58. The van der Waals surface area contributed by atoms with Gasteiger partial charge in [0.25, 0.3) is 0 Å². The van der Waals surface area contributed by atoms with Crippen LogP contribution in [0.2, 0.25) is 5.02 Å². The van der Waals surface area contributed by atoms with E-state index >= 15 is 0 Å². The van der Waals surface area contributed by atoms with Crippen LogP contribution in [0.1, 0.15) is 16.8 Å². The van der Waals surface area contributed by atoms with Gasteiger partial charge in [-0.1, -0.05) is 23.7 Å². The summed E-state index contributed by atoms with van der Waals surface area (Å²) >= 11 is 6.00. The first-order valence-corrected chi connectivity index (χ1v) is 11.9. The molecule has 0 aliphatic heterocycles. The largest absolute Gasteiger partial charge is 0.468 e. The molecule has 2 aromatic heterocycles. The van der Waals surface area contributed by atoms with Crippen molar-refractivity contribution >= 4 is 38.3 Å². The van der Waals surface area contributed by atoms with E-state index in [-0.39, 0.29) is 22.9 Å². The highest BCUT2D eigenvalue weighted by atomic mass is 35.5. The lowest BCUT2D eigenvalue weighted by Gasteiger charge is -2.11. The Morgan fingerprint density at radius 1 is 1.15 bits per heavy atom. The van der Waals surface area contributed by atoms with Gasteiger partial charge in [0.05, 0.1) is 12.0 Å². The van der Waals surface area contributed by atoms with E-state index in [4.69, 9.17) is 16.3 Å². The Morgan fingerprint density at radius 2 is 1.94 bits per heavy atom. The number of methoxy groups -OCH3 is 1. The Labute approximate surface area is 195 Å². The lowest BCUT2D eigenvalue weighted by atomic mass is 10.0. The van der Waals surface area contributed by atoms with E-state index in [1.165, 1.54) is 37.6 Å². The van der Waals surface area contributed by atoms with Crippen LogP contribution in [-0.2, 0) is 32.3 Å². The summed E-state index contributed by atoms with van der Waals surface area (Å²) in [7, 11) is -2.66. The lowest BCUT2D eigenvalue weighted by molar-refractivity contribution is -0.141. The molecule has 0 radical (unpaired) electrons. The highest BCUT2D eigenvalue weighted by Crippen LogP contribution is 2.32. The molecule has 0 N–H and O–H groups in total. The number of carbonyl (C=O) groups is 1. The van der Waals surface area contributed by atoms with E-state index in [0.717, 1.165) is 0 Å². The number of rotatable bonds is 6. The van der Waals surface area contributed by atoms with E-state index in [2.05, 4.69) is 4.98 Å². The second-order valence-electron chi connectivity index (χ2n) is 7.49. The van der Waals surface area contributed by atoms with Gasteiger partial charge >= 0.3 is 5.97 Å². The van der Waals surface area contributed by atoms with E-state index in [9.17, 15) is 17.6 Å². The Morgan fingerprint density at radius 3 is 2.67 bits per heavy atom. The van der Waals surface area contributed by atoms with Gasteiger partial charge in [-0.2, -0.15) is 0 Å². The summed E-state index contributed by atoms with van der Waals surface area (Å²) in [6, 6.07) is 13.6. The Hall–Kier alpha value is -3.23. The molecule has 0 unspecified atom stereocenters. The van der Waals surface area contributed by atoms with Gasteiger partial charge in [-0.15, -0.1) is 0 Å². The molecule has 0 spiro atoms. The first kappa shape index (κ1) is 22.9. The van der Waals surface area contributed by atoms with Gasteiger partial charge in [-0.25, -0.2) is 17.8 Å². The summed E-state index contributed by atoms with van der Waals surface area (Å²) in [6.45, 7) is 1.75. The zero-order chi connectivity index (χ0) is 23.8. The highest BCUT2D eigenvalue weighted by molar-refractivity contribution is 7.91. The first-order valence-electron chi connectivity index (χ1n) is 10.0. The van der Waals surface area contributed by atoms with Gasteiger partial charge < -0.3 is 9.30 Å². The third-order valence-electron chi connectivity index (χ3n) is 5.51. The van der Waals surface area contributed by atoms with Crippen LogP contribution in [-0.4, -0.2) is 31.0 Å². The van der Waals surface area contributed by atoms with Gasteiger partial charge in [0.2, 0.25) is 9.84 Å². The molecule has 0 fully saturated rings. The molecule has 9 heteroatoms. The maximum atomic E-state index is 14.1. The second kappa shape index (κ2) is 8.96. The van der Waals surface area contributed by atoms with Crippen LogP contribution in [0, 0.1) is 12.7 Å². The lowest BCUT2D eigenvalue weighted by Crippen LogP contribution is -2.13. The number of hydrogen-bond acceptors (Lipinski definition) is 5. The van der Waals surface area contributed by atoms with Crippen LogP contribution in [0.5, 0.6) is 0 Å². The molecule has 0 bridgehead atoms. The van der Waals surface area contributed by atoms with Crippen LogP contribution in [0.15, 0.2) is 70.7 Å². The minimum atomic E-state index is -3.95. The molecule has 0 saturated carbocycles. The van der Waals surface area contributed by atoms with Gasteiger partial charge in [0, 0.05) is 34.2 Å². The van der Waals surface area contributed by atoms with Crippen molar-refractivity contribution in [1.29, 1.82) is 0 Å². The normalized spacial score (nSPS) is 11.6. The molecule has 2 heterocycles. The van der Waals surface area contributed by atoms with Gasteiger partial charge in [-0.3, -0.25) is 4.79 Å². The molecule has 4 aromatic rings. The number of aromatic nitrogens is 2. The van der Waals surface area contributed by atoms with Crippen LogP contribution in [0.4, 0.5) is 4.39 Å². The van der Waals surface area contributed by atoms with Crippen LogP contribution in [0.25, 0.3) is 10.9 Å². The van der Waals surface area contributed by atoms with Crippen LogP contribution >= 0.6 is 11.6 Å². The second-order valence-corrected chi connectivity index (χ2v) is 9.79. The number of carbonyl (C=O) groups excluding carboxylic acids is 1. The smallest absolute Gasteiger partial charge is 0.325 e. The van der Waals surface area contributed by atoms with Crippen LogP contribution < -0.4 is 0 Å². The van der Waals surface area contributed by atoms with Crippen molar-refractivity contribution in [2.45, 2.75) is 29.8 Å². The fraction of sp³-hybridized carbons (Fsp3) is 0.167. The number of sulfone groups is 1. The SMILES string of the molecule is COC(=O)Cn1c(C)c(Cc2cccnc2S(=O)(=O)c2cccc(Cl)c2)c2cc(F)ccc21. The average Bonchev–Trinajstić information content (AvgIpc) is 3.04. The number of nitrogens with zero attached hydrogens (tertiary/aromatic N) is 2. The predicted octanol–water partition coefficient (Wildman–Crippen LogP) is 4.73. The monoisotopic (exact) mass is 486 g/mol. The molecule has 0 amide bonds. The fourth-order valence-corrected chi connectivity index (χ4v) is 5.58. The summed E-state index contributed by atoms with van der Waals surface area (Å²) in [4.78, 5) is 16.2. The molecule has 0 aliphatic rings. The molecule has 6 nitrogen and oxygen atoms in total. The summed E-state index contributed by atoms with van der Waals surface area (Å²) < 4.78 is 47.3. The molecule has 4 rings (SSSR count). The Balaban J connectivity index is 1.86. The van der Waals surface area contributed by atoms with E-state index in [0.29, 0.717) is 32.7 Å². The standard InChI is InChI=1S/C24H20ClFN2O4S/c1-15-20(21-13-18(26)8-9-22(21)28(15)14-23(29)32-2)11-16-5-4-10-27-24(16)33(30,31)19-7-3-6-17(25)12-19/h3-10,12-13H,11,14H2,1-2H3. The number of hydrogen-bond donors (Lipinski definition) is 0. The van der Waals surface area contributed by atoms with Crippen molar-refractivity contribution in [2.75, 3.05) is 7.11 Å². The Kier molecular flexibility index (Phi) is 6.23. The first-order chi connectivity index (χ1) is 15.7. The number of esters is 1. The zero-order valence-corrected chi connectivity index (χ0v) is 19.5. The van der Waals surface area contributed by atoms with Gasteiger partial charge in [0.1, 0.15) is 12.4 Å². The molecule has 33 heavy (non-hydrogen) atoms. The predicted molar refractivity (Wildman–Crippen MR) is 123 cm³/mol. The Bertz CT molecular complexity index is 1480. The van der Waals surface area contributed by atoms with Crippen molar-refractivity contribution < 1.29 is 22.3 Å². The van der Waals surface area contributed by atoms with Crippen LogP contribution in [0.3, 0.4) is 0 Å². The molecule has 2 aromatic carbocycles. The minimum absolute atomic E-state index is 0.0332. The maximum Gasteiger partial charge on any atom is 0.325 e.